The number of benzene rings is 2. The molecule has 1 N–H and O–H groups in total. The molecule has 0 bridgehead atoms. The second kappa shape index (κ2) is 6.29. The first-order valence-corrected chi connectivity index (χ1v) is 8.39. The summed E-state index contributed by atoms with van der Waals surface area (Å²) in [6.07, 6.45) is 1.52. The molecule has 0 amide bonds. The second-order valence-electron chi connectivity index (χ2n) is 5.35. The number of hydrogen-bond acceptors (Lipinski definition) is 6. The third-order valence-corrected chi connectivity index (χ3v) is 4.66. The molecule has 0 saturated carbocycles. The minimum atomic E-state index is -0.391. The number of thiophene rings is 1. The van der Waals surface area contributed by atoms with Crippen LogP contribution in [0.1, 0.15) is 0 Å². The van der Waals surface area contributed by atoms with Crippen molar-refractivity contribution in [3.8, 4) is 11.1 Å². The number of nitrogens with one attached hydrogen (secondary N) is 1. The number of fused-ring (bicyclic) bond motifs is 1. The zero-order valence-electron chi connectivity index (χ0n) is 12.9. The highest BCUT2D eigenvalue weighted by Gasteiger charge is 2.15. The van der Waals surface area contributed by atoms with E-state index in [1.54, 1.807) is 12.1 Å². The molecule has 0 radical (unpaired) electrons. The van der Waals surface area contributed by atoms with Gasteiger partial charge in [0, 0.05) is 28.8 Å². The second-order valence-corrected chi connectivity index (χ2v) is 6.21. The Hall–Kier alpha value is -3.32. The normalized spacial score (nSPS) is 10.7. The number of anilines is 2. The summed E-state index contributed by atoms with van der Waals surface area (Å²) in [5, 5.41) is 17.2. The smallest absolute Gasteiger partial charge is 0.270 e. The van der Waals surface area contributed by atoms with Gasteiger partial charge in [-0.3, -0.25) is 10.1 Å². The molecule has 0 unspecified atom stereocenters. The summed E-state index contributed by atoms with van der Waals surface area (Å²) < 4.78 is 0. The largest absolute Gasteiger partial charge is 0.340 e. The summed E-state index contributed by atoms with van der Waals surface area (Å²) in [6, 6.07) is 16.3. The van der Waals surface area contributed by atoms with Crippen molar-refractivity contribution in [1.82, 2.24) is 9.97 Å². The van der Waals surface area contributed by atoms with Gasteiger partial charge in [-0.05, 0) is 17.7 Å². The van der Waals surface area contributed by atoms with E-state index in [-0.39, 0.29) is 5.69 Å². The monoisotopic (exact) mass is 348 g/mol. The minimum Gasteiger partial charge on any atom is -0.340 e. The van der Waals surface area contributed by atoms with Crippen LogP contribution < -0.4 is 5.32 Å². The van der Waals surface area contributed by atoms with Gasteiger partial charge in [-0.2, -0.15) is 0 Å². The van der Waals surface area contributed by atoms with E-state index in [4.69, 9.17) is 0 Å². The van der Waals surface area contributed by atoms with Crippen molar-refractivity contribution in [2.45, 2.75) is 0 Å². The summed E-state index contributed by atoms with van der Waals surface area (Å²) in [5.74, 6) is 0.680. The zero-order valence-corrected chi connectivity index (χ0v) is 13.7. The number of aromatic nitrogens is 2. The van der Waals surface area contributed by atoms with Crippen LogP contribution in [0.2, 0.25) is 0 Å². The van der Waals surface area contributed by atoms with Crippen molar-refractivity contribution in [3.05, 3.63) is 76.4 Å². The van der Waals surface area contributed by atoms with E-state index >= 15 is 0 Å². The van der Waals surface area contributed by atoms with Gasteiger partial charge in [0.1, 0.15) is 17.0 Å². The molecule has 0 atom stereocenters. The standard InChI is InChI=1S/C18H12N4O2S/c23-22(24)14-8-4-5-12(9-14)15-10-25-18-16(15)17(19-11-20-18)21-13-6-2-1-3-7-13/h1-11H,(H,19,20,21). The maximum atomic E-state index is 11.1. The molecule has 2 heterocycles. The minimum absolute atomic E-state index is 0.0614. The Morgan fingerprint density at radius 1 is 1.04 bits per heavy atom. The van der Waals surface area contributed by atoms with Gasteiger partial charge in [-0.15, -0.1) is 11.3 Å². The van der Waals surface area contributed by atoms with Crippen LogP contribution in [-0.4, -0.2) is 14.9 Å². The predicted octanol–water partition coefficient (Wildman–Crippen LogP) is 5.01. The Labute approximate surface area is 147 Å². The first-order valence-electron chi connectivity index (χ1n) is 7.51. The molecule has 0 fully saturated rings. The molecule has 0 aliphatic heterocycles. The van der Waals surface area contributed by atoms with Crippen LogP contribution in [0.5, 0.6) is 0 Å². The Balaban J connectivity index is 1.86. The summed E-state index contributed by atoms with van der Waals surface area (Å²) in [4.78, 5) is 20.2. The first kappa shape index (κ1) is 15.2. The van der Waals surface area contributed by atoms with Gasteiger partial charge < -0.3 is 5.32 Å². The van der Waals surface area contributed by atoms with Crippen LogP contribution in [0.3, 0.4) is 0 Å². The Morgan fingerprint density at radius 2 is 1.88 bits per heavy atom. The molecule has 122 valence electrons. The molecule has 0 spiro atoms. The Morgan fingerprint density at radius 3 is 2.68 bits per heavy atom. The van der Waals surface area contributed by atoms with E-state index in [2.05, 4.69) is 15.3 Å². The van der Waals surface area contributed by atoms with Crippen LogP contribution in [0.25, 0.3) is 21.3 Å². The van der Waals surface area contributed by atoms with Crippen LogP contribution in [0.15, 0.2) is 66.3 Å². The lowest BCUT2D eigenvalue weighted by molar-refractivity contribution is -0.384. The molecule has 6 nitrogen and oxygen atoms in total. The SMILES string of the molecule is O=[N+]([O-])c1cccc(-c2csc3ncnc(Nc4ccccc4)c23)c1. The summed E-state index contributed by atoms with van der Waals surface area (Å²) >= 11 is 1.49. The number of nitro benzene ring substituents is 1. The fourth-order valence-electron chi connectivity index (χ4n) is 2.63. The van der Waals surface area contributed by atoms with E-state index in [1.165, 1.54) is 23.7 Å². The van der Waals surface area contributed by atoms with Crippen molar-refractivity contribution in [2.24, 2.45) is 0 Å². The van der Waals surface area contributed by atoms with E-state index in [9.17, 15) is 10.1 Å². The lowest BCUT2D eigenvalue weighted by atomic mass is 10.1. The van der Waals surface area contributed by atoms with Gasteiger partial charge in [-0.25, -0.2) is 9.97 Å². The van der Waals surface area contributed by atoms with Crippen molar-refractivity contribution < 1.29 is 4.92 Å². The summed E-state index contributed by atoms with van der Waals surface area (Å²) in [7, 11) is 0. The highest BCUT2D eigenvalue weighted by atomic mass is 32.1. The van der Waals surface area contributed by atoms with Crippen LogP contribution in [0, 0.1) is 10.1 Å². The predicted molar refractivity (Wildman–Crippen MR) is 99.2 cm³/mol. The molecule has 4 rings (SSSR count). The summed E-state index contributed by atoms with van der Waals surface area (Å²) in [5.41, 5.74) is 2.62. The van der Waals surface area contributed by atoms with Crippen molar-refractivity contribution in [2.75, 3.05) is 5.32 Å². The maximum absolute atomic E-state index is 11.1. The number of non-ortho nitro benzene ring substituents is 1. The van der Waals surface area contributed by atoms with Crippen LogP contribution >= 0.6 is 11.3 Å². The van der Waals surface area contributed by atoms with E-state index in [0.29, 0.717) is 5.82 Å². The Kier molecular flexibility index (Phi) is 3.83. The van der Waals surface area contributed by atoms with Gasteiger partial charge in [0.05, 0.1) is 10.3 Å². The van der Waals surface area contributed by atoms with E-state index in [0.717, 1.165) is 27.0 Å². The molecule has 2 aromatic heterocycles. The van der Waals surface area contributed by atoms with Gasteiger partial charge >= 0.3 is 0 Å². The molecular formula is C18H12N4O2S. The van der Waals surface area contributed by atoms with Gasteiger partial charge in [-0.1, -0.05) is 30.3 Å². The lowest BCUT2D eigenvalue weighted by Crippen LogP contribution is -1.95. The highest BCUT2D eigenvalue weighted by molar-refractivity contribution is 7.17. The zero-order chi connectivity index (χ0) is 17.2. The number of para-hydroxylation sites is 1. The Bertz CT molecular complexity index is 1060. The number of rotatable bonds is 4. The summed E-state index contributed by atoms with van der Waals surface area (Å²) in [6.45, 7) is 0. The molecule has 0 saturated heterocycles. The fraction of sp³-hybridized carbons (Fsp3) is 0. The van der Waals surface area contributed by atoms with Crippen molar-refractivity contribution >= 4 is 38.7 Å². The van der Waals surface area contributed by atoms with E-state index in [1.807, 2.05) is 41.8 Å². The number of nitrogens with zero attached hydrogens (tertiary/aromatic N) is 3. The molecule has 0 aliphatic rings. The van der Waals surface area contributed by atoms with Crippen molar-refractivity contribution in [3.63, 3.8) is 0 Å². The van der Waals surface area contributed by atoms with Crippen LogP contribution in [-0.2, 0) is 0 Å². The quantitative estimate of drug-likeness (QED) is 0.414. The van der Waals surface area contributed by atoms with Gasteiger partial charge in [0.2, 0.25) is 0 Å². The average Bonchev–Trinajstić information content (AvgIpc) is 3.08. The molecular weight excluding hydrogens is 336 g/mol. The molecule has 25 heavy (non-hydrogen) atoms. The number of hydrogen-bond donors (Lipinski definition) is 1. The fourth-order valence-corrected chi connectivity index (χ4v) is 3.54. The van der Waals surface area contributed by atoms with Crippen molar-refractivity contribution in [1.29, 1.82) is 0 Å². The third kappa shape index (κ3) is 2.92. The van der Waals surface area contributed by atoms with Gasteiger partial charge in [0.25, 0.3) is 5.69 Å². The lowest BCUT2D eigenvalue weighted by Gasteiger charge is -2.08. The molecule has 2 aromatic carbocycles. The van der Waals surface area contributed by atoms with Gasteiger partial charge in [0.15, 0.2) is 0 Å². The average molecular weight is 348 g/mol. The molecule has 7 heteroatoms. The van der Waals surface area contributed by atoms with E-state index < -0.39 is 4.92 Å². The van der Waals surface area contributed by atoms with Crippen LogP contribution in [0.4, 0.5) is 17.2 Å². The highest BCUT2D eigenvalue weighted by Crippen LogP contribution is 2.38. The molecule has 0 aliphatic carbocycles. The number of nitro groups is 1. The maximum Gasteiger partial charge on any atom is 0.270 e. The molecule has 4 aromatic rings. The first-order chi connectivity index (χ1) is 12.2. The third-order valence-electron chi connectivity index (χ3n) is 3.77. The topological polar surface area (TPSA) is 81.0 Å².